The second kappa shape index (κ2) is 7.26. The number of alkyl halides is 6. The van der Waals surface area contributed by atoms with Crippen LogP contribution in [0.15, 0.2) is 18.2 Å². The van der Waals surface area contributed by atoms with Gasteiger partial charge >= 0.3 is 12.4 Å². The molecule has 4 rings (SSSR count). The zero-order valence-corrected chi connectivity index (χ0v) is 16.1. The fourth-order valence-electron chi connectivity index (χ4n) is 3.44. The lowest BCUT2D eigenvalue weighted by atomic mass is 9.99. The number of pyridine rings is 3. The van der Waals surface area contributed by atoms with Gasteiger partial charge < -0.3 is 4.85 Å². The standard InChI is InChI=1S/C21H3F6N7/c1-30-13-5-11-15-9(3-8(6-28)14(7-29)32-15)16-10(17(11)34-19(13)31-2)4-12(20(22,23)24)18(33-16)21(25,26)27/h3-5H. The van der Waals surface area contributed by atoms with Crippen LogP contribution in [0.4, 0.5) is 37.8 Å². The van der Waals surface area contributed by atoms with Crippen LogP contribution in [-0.4, -0.2) is 15.0 Å². The fraction of sp³-hybridized carbons (Fsp3) is 0.0952. The summed E-state index contributed by atoms with van der Waals surface area (Å²) in [7, 11) is 0. The summed E-state index contributed by atoms with van der Waals surface area (Å²) in [6.45, 7) is 14.4. The van der Waals surface area contributed by atoms with Crippen LogP contribution in [0.25, 0.3) is 42.4 Å². The van der Waals surface area contributed by atoms with Crippen LogP contribution in [0.5, 0.6) is 0 Å². The van der Waals surface area contributed by atoms with Crippen LogP contribution in [-0.2, 0) is 12.4 Å². The molecule has 0 atom stereocenters. The van der Waals surface area contributed by atoms with Crippen LogP contribution in [0.3, 0.4) is 0 Å². The molecule has 0 aliphatic carbocycles. The summed E-state index contributed by atoms with van der Waals surface area (Å²) in [4.78, 5) is 17.4. The molecule has 0 radical (unpaired) electrons. The number of benzene rings is 1. The minimum absolute atomic E-state index is 0.100. The average molecular weight is 467 g/mol. The summed E-state index contributed by atoms with van der Waals surface area (Å²) < 4.78 is 81.3. The maximum absolute atomic E-state index is 13.6. The first-order valence-corrected chi connectivity index (χ1v) is 8.80. The molecule has 0 aliphatic heterocycles. The third-order valence-corrected chi connectivity index (χ3v) is 4.82. The van der Waals surface area contributed by atoms with E-state index in [0.717, 1.165) is 12.1 Å². The maximum Gasteiger partial charge on any atom is 0.433 e. The lowest BCUT2D eigenvalue weighted by Gasteiger charge is -2.17. The van der Waals surface area contributed by atoms with Gasteiger partial charge in [0.1, 0.15) is 12.1 Å². The Labute approximate surface area is 184 Å². The molecule has 0 amide bonds. The molecule has 7 nitrogen and oxygen atoms in total. The largest absolute Gasteiger partial charge is 0.433 e. The molecular weight excluding hydrogens is 464 g/mol. The number of nitriles is 2. The Morgan fingerprint density at radius 2 is 1.32 bits per heavy atom. The van der Waals surface area contributed by atoms with E-state index in [1.165, 1.54) is 0 Å². The SMILES string of the molecule is [C-]#[N+]c1cc2c3nc(C#N)c(C#N)cc3c3nc(C(F)(F)F)c(C(F)(F)F)cc3c2nc1[N+]#[C-]. The van der Waals surface area contributed by atoms with Crippen molar-refractivity contribution in [2.24, 2.45) is 0 Å². The van der Waals surface area contributed by atoms with Crippen LogP contribution in [0.2, 0.25) is 0 Å². The van der Waals surface area contributed by atoms with Gasteiger partial charge in [-0.3, -0.25) is 0 Å². The molecule has 3 aromatic heterocycles. The van der Waals surface area contributed by atoms with E-state index in [1.807, 2.05) is 0 Å². The van der Waals surface area contributed by atoms with E-state index in [0.29, 0.717) is 0 Å². The molecule has 1 aromatic carbocycles. The normalized spacial score (nSPS) is 11.7. The van der Waals surface area contributed by atoms with E-state index in [9.17, 15) is 36.9 Å². The van der Waals surface area contributed by atoms with E-state index >= 15 is 0 Å². The van der Waals surface area contributed by atoms with Crippen molar-refractivity contribution in [2.45, 2.75) is 12.4 Å². The van der Waals surface area contributed by atoms with E-state index in [2.05, 4.69) is 24.6 Å². The zero-order valence-electron chi connectivity index (χ0n) is 16.1. The number of hydrogen-bond donors (Lipinski definition) is 0. The predicted octanol–water partition coefficient (Wildman–Crippen LogP) is 6.21. The Morgan fingerprint density at radius 3 is 1.85 bits per heavy atom. The first-order chi connectivity index (χ1) is 15.9. The molecule has 0 bridgehead atoms. The minimum atomic E-state index is -5.48. The van der Waals surface area contributed by atoms with Crippen LogP contribution in [0, 0.1) is 35.8 Å². The fourth-order valence-corrected chi connectivity index (χ4v) is 3.44. The van der Waals surface area contributed by atoms with Gasteiger partial charge in [-0.15, -0.1) is 4.98 Å². The summed E-state index contributed by atoms with van der Waals surface area (Å²) >= 11 is 0. The quantitative estimate of drug-likeness (QED) is 0.174. The molecule has 0 unspecified atom stereocenters. The highest BCUT2D eigenvalue weighted by atomic mass is 19.4. The van der Waals surface area contributed by atoms with Crippen molar-refractivity contribution in [3.63, 3.8) is 0 Å². The minimum Gasteiger partial charge on any atom is -0.371 e. The molecule has 0 saturated carbocycles. The highest BCUT2D eigenvalue weighted by molar-refractivity contribution is 6.23. The van der Waals surface area contributed by atoms with Crippen LogP contribution in [0.1, 0.15) is 22.5 Å². The Hall–Kier alpha value is -5.01. The van der Waals surface area contributed by atoms with E-state index in [1.54, 1.807) is 12.1 Å². The van der Waals surface area contributed by atoms with Crippen molar-refractivity contribution in [1.82, 2.24) is 15.0 Å². The molecule has 0 aliphatic rings. The van der Waals surface area contributed by atoms with Gasteiger partial charge in [-0.1, -0.05) is 12.6 Å². The summed E-state index contributed by atoms with van der Waals surface area (Å²) in [6.07, 6.45) is -10.9. The number of nitrogens with zero attached hydrogens (tertiary/aromatic N) is 7. The Kier molecular flexibility index (Phi) is 4.74. The second-order valence-corrected chi connectivity index (χ2v) is 6.73. The monoisotopic (exact) mass is 467 g/mol. The van der Waals surface area contributed by atoms with Gasteiger partial charge in [-0.2, -0.15) is 36.9 Å². The summed E-state index contributed by atoms with van der Waals surface area (Å²) in [5.74, 6) is -0.495. The van der Waals surface area contributed by atoms with Gasteiger partial charge in [-0.25, -0.2) is 14.8 Å². The molecule has 0 spiro atoms. The summed E-state index contributed by atoms with van der Waals surface area (Å²) in [6, 6.07) is 5.61. The van der Waals surface area contributed by atoms with Crippen LogP contribution >= 0.6 is 0 Å². The molecule has 0 N–H and O–H groups in total. The average Bonchev–Trinajstić information content (AvgIpc) is 2.80. The molecule has 3 heterocycles. The van der Waals surface area contributed by atoms with Gasteiger partial charge in [0, 0.05) is 10.8 Å². The van der Waals surface area contributed by atoms with Crippen molar-refractivity contribution in [3.05, 3.63) is 63.5 Å². The molecule has 34 heavy (non-hydrogen) atoms. The lowest BCUT2D eigenvalue weighted by molar-refractivity contribution is -0.164. The van der Waals surface area contributed by atoms with Gasteiger partial charge in [-0.05, 0) is 12.1 Å². The van der Waals surface area contributed by atoms with Crippen molar-refractivity contribution < 1.29 is 26.3 Å². The third kappa shape index (κ3) is 3.24. The molecule has 4 aromatic rings. The summed E-state index contributed by atoms with van der Waals surface area (Å²) in [5, 5.41) is 17.7. The molecule has 0 saturated heterocycles. The molecular formula is C21H3F6N7. The van der Waals surface area contributed by atoms with E-state index in [-0.39, 0.29) is 39.1 Å². The zero-order chi connectivity index (χ0) is 25.0. The van der Waals surface area contributed by atoms with Crippen molar-refractivity contribution in [3.8, 4) is 12.1 Å². The first-order valence-electron chi connectivity index (χ1n) is 8.80. The van der Waals surface area contributed by atoms with Crippen molar-refractivity contribution in [2.75, 3.05) is 0 Å². The molecule has 0 fully saturated rings. The second-order valence-electron chi connectivity index (χ2n) is 6.73. The number of halogens is 6. The maximum atomic E-state index is 13.6. The summed E-state index contributed by atoms with van der Waals surface area (Å²) in [5.41, 5.74) is -6.52. The highest BCUT2D eigenvalue weighted by Gasteiger charge is 2.45. The van der Waals surface area contributed by atoms with Crippen molar-refractivity contribution >= 4 is 44.2 Å². The first kappa shape index (κ1) is 22.2. The van der Waals surface area contributed by atoms with Crippen molar-refractivity contribution in [1.29, 1.82) is 10.5 Å². The molecule has 164 valence electrons. The van der Waals surface area contributed by atoms with Gasteiger partial charge in [0.15, 0.2) is 16.9 Å². The van der Waals surface area contributed by atoms with Gasteiger partial charge in [0.05, 0.1) is 34.1 Å². The Morgan fingerprint density at radius 1 is 0.735 bits per heavy atom. The number of hydrogen-bond acceptors (Lipinski definition) is 5. The third-order valence-electron chi connectivity index (χ3n) is 4.82. The van der Waals surface area contributed by atoms with Gasteiger partial charge in [0.2, 0.25) is 5.69 Å². The lowest BCUT2D eigenvalue weighted by Crippen LogP contribution is -2.18. The number of fused-ring (bicyclic) bond motifs is 6. The highest BCUT2D eigenvalue weighted by Crippen LogP contribution is 2.44. The topological polar surface area (TPSA) is 95.0 Å². The van der Waals surface area contributed by atoms with Gasteiger partial charge in [0.25, 0.3) is 5.82 Å². The smallest absolute Gasteiger partial charge is 0.371 e. The number of rotatable bonds is 0. The number of aromatic nitrogens is 3. The predicted molar refractivity (Wildman–Crippen MR) is 104 cm³/mol. The van der Waals surface area contributed by atoms with E-state index < -0.39 is 46.0 Å². The molecule has 13 heteroatoms. The van der Waals surface area contributed by atoms with Crippen LogP contribution < -0.4 is 0 Å². The van der Waals surface area contributed by atoms with E-state index in [4.69, 9.17) is 13.1 Å². The Bertz CT molecular complexity index is 1600. The Balaban J connectivity index is 2.41.